The molecule has 0 aliphatic heterocycles. The van der Waals surface area contributed by atoms with Crippen LogP contribution in [0.5, 0.6) is 5.75 Å². The van der Waals surface area contributed by atoms with Crippen molar-refractivity contribution in [1.82, 2.24) is 0 Å². The van der Waals surface area contributed by atoms with Gasteiger partial charge in [0, 0.05) is 5.56 Å². The van der Waals surface area contributed by atoms with Gasteiger partial charge in [0.25, 0.3) is 0 Å². The van der Waals surface area contributed by atoms with E-state index in [1.807, 2.05) is 6.07 Å². The fourth-order valence-electron chi connectivity index (χ4n) is 1.22. The second kappa shape index (κ2) is 5.38. The van der Waals surface area contributed by atoms with Gasteiger partial charge in [-0.25, -0.2) is 0 Å². The molecule has 84 valence electrons. The lowest BCUT2D eigenvalue weighted by Gasteiger charge is -2.07. The molecule has 0 aliphatic rings. The quantitative estimate of drug-likeness (QED) is 0.820. The van der Waals surface area contributed by atoms with Gasteiger partial charge in [-0.15, -0.1) is 0 Å². The summed E-state index contributed by atoms with van der Waals surface area (Å²) in [5.74, 6) is -0.605. The van der Waals surface area contributed by atoms with Crippen LogP contribution in [-0.4, -0.2) is 17.7 Å². The minimum absolute atomic E-state index is 0.0931. The van der Waals surface area contributed by atoms with E-state index in [9.17, 15) is 9.90 Å². The molecule has 16 heavy (non-hydrogen) atoms. The third-order valence-electron chi connectivity index (χ3n) is 1.97. The Hall–Kier alpha value is -1.73. The maximum atomic E-state index is 11.2. The van der Waals surface area contributed by atoms with E-state index in [2.05, 4.69) is 0 Å². The highest BCUT2D eigenvalue weighted by atomic mass is 35.5. The Bertz CT molecular complexity index is 451. The van der Waals surface area contributed by atoms with Crippen LogP contribution in [0.3, 0.4) is 0 Å². The highest BCUT2D eigenvalue weighted by molar-refractivity contribution is 6.32. The molecular formula is C11H10ClNO3. The van der Waals surface area contributed by atoms with Crippen molar-refractivity contribution in [1.29, 1.82) is 5.26 Å². The van der Waals surface area contributed by atoms with Crippen LogP contribution in [-0.2, 0) is 16.0 Å². The number of nitrogens with zero attached hydrogens (tertiary/aromatic N) is 1. The van der Waals surface area contributed by atoms with Gasteiger partial charge in [-0.3, -0.25) is 4.79 Å². The number of rotatable bonds is 3. The Morgan fingerprint density at radius 1 is 1.62 bits per heavy atom. The number of ether oxygens (including phenoxy) is 1. The van der Waals surface area contributed by atoms with Gasteiger partial charge in [0.05, 0.1) is 23.6 Å². The maximum Gasteiger partial charge on any atom is 0.310 e. The van der Waals surface area contributed by atoms with Gasteiger partial charge in [0.2, 0.25) is 0 Å². The number of halogens is 1. The molecule has 0 spiro atoms. The van der Waals surface area contributed by atoms with Gasteiger partial charge >= 0.3 is 5.97 Å². The second-order valence-electron chi connectivity index (χ2n) is 3.02. The molecule has 0 aliphatic carbocycles. The van der Waals surface area contributed by atoms with Crippen molar-refractivity contribution >= 4 is 17.6 Å². The van der Waals surface area contributed by atoms with E-state index in [0.717, 1.165) is 0 Å². The molecule has 0 fully saturated rings. The summed E-state index contributed by atoms with van der Waals surface area (Å²) in [6.45, 7) is 1.94. The molecule has 0 radical (unpaired) electrons. The van der Waals surface area contributed by atoms with E-state index in [-0.39, 0.29) is 34.9 Å². The molecule has 4 nitrogen and oxygen atoms in total. The number of esters is 1. The van der Waals surface area contributed by atoms with Gasteiger partial charge in [-0.1, -0.05) is 11.6 Å². The molecule has 0 saturated heterocycles. The van der Waals surface area contributed by atoms with Crippen molar-refractivity contribution in [3.63, 3.8) is 0 Å². The van der Waals surface area contributed by atoms with Gasteiger partial charge in [0.1, 0.15) is 11.8 Å². The van der Waals surface area contributed by atoms with E-state index < -0.39 is 5.97 Å². The summed E-state index contributed by atoms with van der Waals surface area (Å²) in [5.41, 5.74) is 0.443. The smallest absolute Gasteiger partial charge is 0.310 e. The number of carbonyl (C=O) groups is 1. The topological polar surface area (TPSA) is 70.3 Å². The van der Waals surface area contributed by atoms with Crippen LogP contribution in [0.25, 0.3) is 0 Å². The largest absolute Gasteiger partial charge is 0.508 e. The number of phenols is 1. The Morgan fingerprint density at radius 2 is 2.31 bits per heavy atom. The summed E-state index contributed by atoms with van der Waals surface area (Å²) in [7, 11) is 0. The van der Waals surface area contributed by atoms with Crippen molar-refractivity contribution in [2.45, 2.75) is 13.3 Å². The zero-order valence-corrected chi connectivity index (χ0v) is 9.41. The minimum atomic E-state index is -0.491. The molecule has 1 aromatic rings. The summed E-state index contributed by atoms with van der Waals surface area (Å²) in [5, 5.41) is 18.4. The Kier molecular flexibility index (Phi) is 4.15. The summed E-state index contributed by atoms with van der Waals surface area (Å²) in [6, 6.07) is 4.60. The minimum Gasteiger partial charge on any atom is -0.508 e. The van der Waals surface area contributed by atoms with Crippen molar-refractivity contribution in [2.75, 3.05) is 6.61 Å². The van der Waals surface area contributed by atoms with Gasteiger partial charge in [-0.2, -0.15) is 5.26 Å². The van der Waals surface area contributed by atoms with E-state index in [1.165, 1.54) is 12.1 Å². The van der Waals surface area contributed by atoms with Crippen molar-refractivity contribution < 1.29 is 14.6 Å². The highest BCUT2D eigenvalue weighted by Gasteiger charge is 2.15. The van der Waals surface area contributed by atoms with E-state index in [1.54, 1.807) is 6.92 Å². The number of hydrogen-bond donors (Lipinski definition) is 1. The third-order valence-corrected chi connectivity index (χ3v) is 2.40. The molecular weight excluding hydrogens is 230 g/mol. The zero-order valence-electron chi connectivity index (χ0n) is 8.66. The predicted molar refractivity (Wildman–Crippen MR) is 58.2 cm³/mol. The van der Waals surface area contributed by atoms with Crippen LogP contribution in [0, 0.1) is 11.3 Å². The average Bonchev–Trinajstić information content (AvgIpc) is 2.25. The SMILES string of the molecule is CCOC(=O)Cc1c(O)ccc(C#N)c1Cl. The van der Waals surface area contributed by atoms with Gasteiger partial charge in [-0.05, 0) is 19.1 Å². The molecule has 0 atom stereocenters. The molecule has 5 heteroatoms. The molecule has 0 amide bonds. The lowest BCUT2D eigenvalue weighted by atomic mass is 10.1. The maximum absolute atomic E-state index is 11.2. The van der Waals surface area contributed by atoms with Crippen molar-refractivity contribution in [3.8, 4) is 11.8 Å². The molecule has 0 saturated carbocycles. The number of nitriles is 1. The van der Waals surface area contributed by atoms with E-state index in [0.29, 0.717) is 0 Å². The van der Waals surface area contributed by atoms with Crippen molar-refractivity contribution in [2.24, 2.45) is 0 Å². The van der Waals surface area contributed by atoms with E-state index in [4.69, 9.17) is 21.6 Å². The van der Waals surface area contributed by atoms with Crippen LogP contribution in [0.1, 0.15) is 18.1 Å². The molecule has 1 aromatic carbocycles. The van der Waals surface area contributed by atoms with E-state index >= 15 is 0 Å². The first-order chi connectivity index (χ1) is 7.60. The van der Waals surface area contributed by atoms with Crippen LogP contribution in [0.4, 0.5) is 0 Å². The molecule has 1 N–H and O–H groups in total. The summed E-state index contributed by atoms with van der Waals surface area (Å²) in [4.78, 5) is 11.2. The van der Waals surface area contributed by atoms with Gasteiger partial charge < -0.3 is 9.84 Å². The first kappa shape index (κ1) is 12.3. The zero-order chi connectivity index (χ0) is 12.1. The Morgan fingerprint density at radius 3 is 2.88 bits per heavy atom. The number of carbonyl (C=O) groups excluding carboxylic acids is 1. The molecule has 0 unspecified atom stereocenters. The standard InChI is InChI=1S/C11H10ClNO3/c1-2-16-10(15)5-8-9(14)4-3-7(6-13)11(8)12/h3-4,14H,2,5H2,1H3. The summed E-state index contributed by atoms with van der Waals surface area (Å²) < 4.78 is 4.74. The van der Waals surface area contributed by atoms with Crippen LogP contribution in [0.15, 0.2) is 12.1 Å². The molecule has 0 bridgehead atoms. The van der Waals surface area contributed by atoms with Crippen LogP contribution < -0.4 is 0 Å². The lowest BCUT2D eigenvalue weighted by molar-refractivity contribution is -0.142. The first-order valence-electron chi connectivity index (χ1n) is 4.66. The molecule has 0 heterocycles. The Balaban J connectivity index is 3.04. The van der Waals surface area contributed by atoms with Crippen LogP contribution >= 0.6 is 11.6 Å². The highest BCUT2D eigenvalue weighted by Crippen LogP contribution is 2.29. The number of phenolic OH excluding ortho intramolecular Hbond substituents is 1. The van der Waals surface area contributed by atoms with Crippen LogP contribution in [0.2, 0.25) is 5.02 Å². The normalized spacial score (nSPS) is 9.56. The monoisotopic (exact) mass is 239 g/mol. The van der Waals surface area contributed by atoms with Crippen molar-refractivity contribution in [3.05, 3.63) is 28.3 Å². The number of hydrogen-bond acceptors (Lipinski definition) is 4. The fraction of sp³-hybridized carbons (Fsp3) is 0.273. The number of aromatic hydroxyl groups is 1. The summed E-state index contributed by atoms with van der Waals surface area (Å²) >= 11 is 5.87. The second-order valence-corrected chi connectivity index (χ2v) is 3.40. The Labute approximate surface area is 98.0 Å². The lowest BCUT2D eigenvalue weighted by Crippen LogP contribution is -2.08. The first-order valence-corrected chi connectivity index (χ1v) is 5.04. The fourth-order valence-corrected chi connectivity index (χ4v) is 1.49. The average molecular weight is 240 g/mol. The summed E-state index contributed by atoms with van der Waals surface area (Å²) in [6.07, 6.45) is -0.145. The van der Waals surface area contributed by atoms with Gasteiger partial charge in [0.15, 0.2) is 0 Å². The molecule has 0 aromatic heterocycles. The predicted octanol–water partition coefficient (Wildman–Crippen LogP) is 2.02. The molecule has 1 rings (SSSR count). The number of benzene rings is 1. The third kappa shape index (κ3) is 2.65.